The highest BCUT2D eigenvalue weighted by molar-refractivity contribution is 5.67. The lowest BCUT2D eigenvalue weighted by Crippen LogP contribution is -1.93. The fourth-order valence-electron chi connectivity index (χ4n) is 1.26. The lowest BCUT2D eigenvalue weighted by Gasteiger charge is -2.07. The first-order valence-corrected chi connectivity index (χ1v) is 4.79. The smallest absolute Gasteiger partial charge is 0.0387 e. The van der Waals surface area contributed by atoms with Gasteiger partial charge in [0.1, 0.15) is 0 Å². The summed E-state index contributed by atoms with van der Waals surface area (Å²) in [5.41, 5.74) is 4.59. The van der Waals surface area contributed by atoms with Gasteiger partial charge in [-0.15, -0.1) is 0 Å². The summed E-state index contributed by atoms with van der Waals surface area (Å²) in [6.45, 7) is 9.93. The van der Waals surface area contributed by atoms with Crippen LogP contribution in [0.2, 0.25) is 0 Å². The average Bonchev–Trinajstić information content (AvgIpc) is 2.16. The summed E-state index contributed by atoms with van der Waals surface area (Å²) >= 11 is 0. The Kier molecular flexibility index (Phi) is 3.52. The summed E-state index contributed by atoms with van der Waals surface area (Å²) in [5, 5.41) is 3.20. The van der Waals surface area contributed by atoms with E-state index in [1.165, 1.54) is 11.1 Å². The Morgan fingerprint density at radius 3 is 2.64 bits per heavy atom. The highest BCUT2D eigenvalue weighted by Gasteiger charge is 1.96. The Bertz CT molecular complexity index is 361. The minimum Gasteiger partial charge on any atom is -0.360 e. The van der Waals surface area contributed by atoms with E-state index in [0.717, 1.165) is 11.4 Å². The van der Waals surface area contributed by atoms with Crippen molar-refractivity contribution in [3.8, 4) is 0 Å². The second-order valence-electron chi connectivity index (χ2n) is 3.46. The van der Waals surface area contributed by atoms with Gasteiger partial charge in [0.25, 0.3) is 0 Å². The summed E-state index contributed by atoms with van der Waals surface area (Å²) < 4.78 is 0. The fraction of sp³-hybridized carbons (Fsp3) is 0.231. The lowest BCUT2D eigenvalue weighted by molar-refractivity contribution is 1.39. The van der Waals surface area contributed by atoms with Gasteiger partial charge in [0.05, 0.1) is 0 Å². The molecule has 1 heteroatoms. The number of nitrogens with one attached hydrogen (secondary N) is 1. The van der Waals surface area contributed by atoms with Gasteiger partial charge in [-0.25, -0.2) is 0 Å². The molecule has 1 nitrogen and oxygen atoms in total. The molecule has 0 fully saturated rings. The van der Waals surface area contributed by atoms with Crippen LogP contribution in [0.1, 0.15) is 26.3 Å². The summed E-state index contributed by atoms with van der Waals surface area (Å²) in [6, 6.07) is 8.33. The highest BCUT2D eigenvalue weighted by Crippen LogP contribution is 2.18. The normalized spacial score (nSPS) is 11.2. The largest absolute Gasteiger partial charge is 0.360 e. The topological polar surface area (TPSA) is 12.0 Å². The summed E-state index contributed by atoms with van der Waals surface area (Å²) in [4.78, 5) is 0. The zero-order valence-corrected chi connectivity index (χ0v) is 9.09. The van der Waals surface area contributed by atoms with Crippen molar-refractivity contribution in [3.63, 3.8) is 0 Å². The first kappa shape index (κ1) is 10.6. The summed E-state index contributed by atoms with van der Waals surface area (Å²) in [6.07, 6.45) is 2.11. The molecule has 0 aliphatic rings. The maximum Gasteiger partial charge on any atom is 0.0387 e. The SMILES string of the molecule is C=C(C)Nc1cccc(/C(C)=C/C)c1. The molecular weight excluding hydrogens is 170 g/mol. The molecule has 0 amide bonds. The van der Waals surface area contributed by atoms with E-state index in [0.29, 0.717) is 0 Å². The molecule has 74 valence electrons. The predicted molar refractivity (Wildman–Crippen MR) is 64.2 cm³/mol. The molecular formula is C13H17N. The van der Waals surface area contributed by atoms with Gasteiger partial charge >= 0.3 is 0 Å². The van der Waals surface area contributed by atoms with E-state index in [-0.39, 0.29) is 0 Å². The van der Waals surface area contributed by atoms with E-state index in [9.17, 15) is 0 Å². The van der Waals surface area contributed by atoms with Crippen molar-refractivity contribution in [1.82, 2.24) is 0 Å². The van der Waals surface area contributed by atoms with E-state index >= 15 is 0 Å². The zero-order chi connectivity index (χ0) is 10.6. The Morgan fingerprint density at radius 2 is 2.07 bits per heavy atom. The van der Waals surface area contributed by atoms with Gasteiger partial charge in [-0.3, -0.25) is 0 Å². The number of hydrogen-bond acceptors (Lipinski definition) is 1. The standard InChI is InChI=1S/C13H17N/c1-5-11(4)12-7-6-8-13(9-12)14-10(2)3/h5-9,14H,2H2,1,3-4H3/b11-5+. The number of rotatable bonds is 3. The molecule has 0 atom stereocenters. The lowest BCUT2D eigenvalue weighted by atomic mass is 10.1. The molecule has 0 saturated carbocycles. The molecule has 0 saturated heterocycles. The third-order valence-corrected chi connectivity index (χ3v) is 2.11. The van der Waals surface area contributed by atoms with Crippen LogP contribution in [0.25, 0.3) is 5.57 Å². The molecule has 1 aromatic carbocycles. The monoisotopic (exact) mass is 187 g/mol. The van der Waals surface area contributed by atoms with E-state index in [1.54, 1.807) is 0 Å². The van der Waals surface area contributed by atoms with Gasteiger partial charge in [0.2, 0.25) is 0 Å². The Hall–Kier alpha value is -1.50. The van der Waals surface area contributed by atoms with Gasteiger partial charge in [0, 0.05) is 11.4 Å². The minimum absolute atomic E-state index is 0.959. The molecule has 0 aliphatic carbocycles. The van der Waals surface area contributed by atoms with Crippen LogP contribution in [0.3, 0.4) is 0 Å². The molecule has 1 aromatic rings. The Balaban J connectivity index is 2.95. The van der Waals surface area contributed by atoms with Crippen LogP contribution in [0, 0.1) is 0 Å². The maximum absolute atomic E-state index is 3.82. The second kappa shape index (κ2) is 4.66. The van der Waals surface area contributed by atoms with Crippen LogP contribution in [-0.2, 0) is 0 Å². The molecule has 14 heavy (non-hydrogen) atoms. The molecule has 0 aliphatic heterocycles. The molecule has 1 rings (SSSR count). The first-order valence-electron chi connectivity index (χ1n) is 4.79. The molecule has 0 radical (unpaired) electrons. The van der Waals surface area contributed by atoms with Crippen LogP contribution in [-0.4, -0.2) is 0 Å². The quantitative estimate of drug-likeness (QED) is 0.752. The van der Waals surface area contributed by atoms with Crippen molar-refractivity contribution >= 4 is 11.3 Å². The zero-order valence-electron chi connectivity index (χ0n) is 9.09. The van der Waals surface area contributed by atoms with Crippen molar-refractivity contribution in [1.29, 1.82) is 0 Å². The Morgan fingerprint density at radius 1 is 1.36 bits per heavy atom. The van der Waals surface area contributed by atoms with Crippen molar-refractivity contribution in [3.05, 3.63) is 48.2 Å². The fourth-order valence-corrected chi connectivity index (χ4v) is 1.26. The number of hydrogen-bond donors (Lipinski definition) is 1. The van der Waals surface area contributed by atoms with Crippen LogP contribution in [0.4, 0.5) is 5.69 Å². The minimum atomic E-state index is 0.959. The van der Waals surface area contributed by atoms with Crippen LogP contribution in [0.15, 0.2) is 42.6 Å². The highest BCUT2D eigenvalue weighted by atomic mass is 14.9. The number of allylic oxidation sites excluding steroid dienone is 3. The van der Waals surface area contributed by atoms with Crippen molar-refractivity contribution in [2.24, 2.45) is 0 Å². The molecule has 0 unspecified atom stereocenters. The van der Waals surface area contributed by atoms with E-state index in [2.05, 4.69) is 37.0 Å². The van der Waals surface area contributed by atoms with Crippen LogP contribution >= 0.6 is 0 Å². The van der Waals surface area contributed by atoms with Gasteiger partial charge in [-0.1, -0.05) is 24.8 Å². The van der Waals surface area contributed by atoms with Crippen molar-refractivity contribution in [2.75, 3.05) is 5.32 Å². The van der Waals surface area contributed by atoms with E-state index in [4.69, 9.17) is 0 Å². The second-order valence-corrected chi connectivity index (χ2v) is 3.46. The maximum atomic E-state index is 3.82. The molecule has 0 spiro atoms. The van der Waals surface area contributed by atoms with E-state index in [1.807, 2.05) is 26.0 Å². The van der Waals surface area contributed by atoms with Gasteiger partial charge in [-0.2, -0.15) is 0 Å². The van der Waals surface area contributed by atoms with E-state index < -0.39 is 0 Å². The van der Waals surface area contributed by atoms with Crippen molar-refractivity contribution in [2.45, 2.75) is 20.8 Å². The summed E-state index contributed by atoms with van der Waals surface area (Å²) in [7, 11) is 0. The Labute approximate surface area is 86.2 Å². The number of benzene rings is 1. The molecule has 1 N–H and O–H groups in total. The summed E-state index contributed by atoms with van der Waals surface area (Å²) in [5.74, 6) is 0. The van der Waals surface area contributed by atoms with Crippen LogP contribution in [0.5, 0.6) is 0 Å². The van der Waals surface area contributed by atoms with Crippen molar-refractivity contribution < 1.29 is 0 Å². The molecule has 0 heterocycles. The third kappa shape index (κ3) is 2.77. The van der Waals surface area contributed by atoms with Gasteiger partial charge < -0.3 is 5.32 Å². The predicted octanol–water partition coefficient (Wildman–Crippen LogP) is 4.06. The average molecular weight is 187 g/mol. The van der Waals surface area contributed by atoms with Gasteiger partial charge in [0.15, 0.2) is 0 Å². The third-order valence-electron chi connectivity index (χ3n) is 2.11. The number of anilines is 1. The van der Waals surface area contributed by atoms with Crippen LogP contribution < -0.4 is 5.32 Å². The van der Waals surface area contributed by atoms with Gasteiger partial charge in [-0.05, 0) is 44.0 Å². The molecule has 0 bridgehead atoms. The molecule has 0 aromatic heterocycles. The first-order chi connectivity index (χ1) is 6.63.